The van der Waals surface area contributed by atoms with E-state index in [4.69, 9.17) is 4.74 Å². The highest BCUT2D eigenvalue weighted by Gasteiger charge is 2.67. The maximum absolute atomic E-state index is 12.8. The Morgan fingerprint density at radius 1 is 1.33 bits per heavy atom. The van der Waals surface area contributed by atoms with Gasteiger partial charge in [-0.2, -0.15) is 0 Å². The highest BCUT2D eigenvalue weighted by atomic mass is 16.5. The normalized spacial score (nSPS) is 23.5. The average Bonchev–Trinajstić information content (AvgIpc) is 3.03. The average molecular weight is 291 g/mol. The molecule has 1 aromatic rings. The molecule has 21 heavy (non-hydrogen) atoms. The van der Waals surface area contributed by atoms with Gasteiger partial charge in [0.2, 0.25) is 5.91 Å². The largest absolute Gasteiger partial charge is 0.497 e. The summed E-state index contributed by atoms with van der Waals surface area (Å²) in [5, 5.41) is 12.3. The molecular formula is C17H25NO3. The first kappa shape index (κ1) is 15.8. The number of benzene rings is 1. The minimum Gasteiger partial charge on any atom is -0.497 e. The fourth-order valence-corrected chi connectivity index (χ4v) is 2.96. The van der Waals surface area contributed by atoms with Crippen molar-refractivity contribution in [2.75, 3.05) is 13.7 Å². The maximum atomic E-state index is 12.8. The fraction of sp³-hybridized carbons (Fsp3) is 0.588. The summed E-state index contributed by atoms with van der Waals surface area (Å²) in [6, 6.07) is 7.68. The topological polar surface area (TPSA) is 58.6 Å². The lowest BCUT2D eigenvalue weighted by molar-refractivity contribution is -0.126. The van der Waals surface area contributed by atoms with Gasteiger partial charge in [-0.1, -0.05) is 26.0 Å². The first-order chi connectivity index (χ1) is 9.68. The highest BCUT2D eigenvalue weighted by Crippen LogP contribution is 2.64. The minimum atomic E-state index is -0.616. The predicted octanol–water partition coefficient (Wildman–Crippen LogP) is 2.25. The molecule has 0 aliphatic heterocycles. The number of nitrogens with one attached hydrogen (secondary N) is 1. The summed E-state index contributed by atoms with van der Waals surface area (Å²) >= 11 is 0. The van der Waals surface area contributed by atoms with Gasteiger partial charge in [-0.15, -0.1) is 0 Å². The standard InChI is InChI=1S/C17H25NO3/c1-15(2)10-17(15,14(20)18-16(3,4)11-19)12-6-8-13(21-5)9-7-12/h6-9,19H,10-11H2,1-5H3,(H,18,20)/t17-/m0/s1. The summed E-state index contributed by atoms with van der Waals surface area (Å²) < 4.78 is 5.18. The molecule has 0 radical (unpaired) electrons. The number of hydrogen-bond donors (Lipinski definition) is 2. The molecule has 0 spiro atoms. The molecular weight excluding hydrogens is 266 g/mol. The van der Waals surface area contributed by atoms with Crippen molar-refractivity contribution in [1.29, 1.82) is 0 Å². The van der Waals surface area contributed by atoms with Gasteiger partial charge in [0.05, 0.1) is 24.7 Å². The number of amides is 1. The van der Waals surface area contributed by atoms with Crippen LogP contribution >= 0.6 is 0 Å². The van der Waals surface area contributed by atoms with Crippen LogP contribution in [0, 0.1) is 5.41 Å². The predicted molar refractivity (Wildman–Crippen MR) is 82.4 cm³/mol. The molecule has 1 fully saturated rings. The zero-order chi connectivity index (χ0) is 15.9. The molecule has 1 amide bonds. The summed E-state index contributed by atoms with van der Waals surface area (Å²) in [6.45, 7) is 7.76. The van der Waals surface area contributed by atoms with Gasteiger partial charge in [0.25, 0.3) is 0 Å². The Bertz CT molecular complexity index is 533. The van der Waals surface area contributed by atoms with E-state index in [0.717, 1.165) is 17.7 Å². The zero-order valence-corrected chi connectivity index (χ0v) is 13.5. The van der Waals surface area contributed by atoms with Crippen molar-refractivity contribution >= 4 is 5.91 Å². The van der Waals surface area contributed by atoms with Gasteiger partial charge in [-0.3, -0.25) is 4.79 Å². The van der Waals surface area contributed by atoms with Crippen molar-refractivity contribution in [3.8, 4) is 5.75 Å². The molecule has 1 aliphatic rings. The second kappa shape index (κ2) is 5.02. The van der Waals surface area contributed by atoms with Gasteiger partial charge in [-0.05, 0) is 43.4 Å². The fourth-order valence-electron chi connectivity index (χ4n) is 2.96. The molecule has 0 bridgehead atoms. The van der Waals surface area contributed by atoms with Crippen LogP contribution in [0.15, 0.2) is 24.3 Å². The molecule has 1 saturated carbocycles. The van der Waals surface area contributed by atoms with Gasteiger partial charge >= 0.3 is 0 Å². The number of carbonyl (C=O) groups excluding carboxylic acids is 1. The molecule has 4 heteroatoms. The first-order valence-corrected chi connectivity index (χ1v) is 7.26. The van der Waals surface area contributed by atoms with Crippen LogP contribution in [0.5, 0.6) is 5.75 Å². The van der Waals surface area contributed by atoms with E-state index in [1.165, 1.54) is 0 Å². The number of methoxy groups -OCH3 is 1. The first-order valence-electron chi connectivity index (χ1n) is 7.26. The third-order valence-electron chi connectivity index (χ3n) is 4.56. The van der Waals surface area contributed by atoms with Crippen LogP contribution in [0.1, 0.15) is 39.7 Å². The molecule has 2 N–H and O–H groups in total. The summed E-state index contributed by atoms with van der Waals surface area (Å²) in [5.41, 5.74) is -0.224. The molecule has 0 saturated heterocycles. The van der Waals surface area contributed by atoms with E-state index < -0.39 is 11.0 Å². The van der Waals surface area contributed by atoms with Gasteiger partial charge in [0, 0.05) is 0 Å². The van der Waals surface area contributed by atoms with E-state index >= 15 is 0 Å². The van der Waals surface area contributed by atoms with E-state index in [0.29, 0.717) is 0 Å². The molecule has 0 unspecified atom stereocenters. The Labute approximate surface area is 126 Å². The van der Waals surface area contributed by atoms with Crippen LogP contribution in [0.4, 0.5) is 0 Å². The molecule has 1 aromatic carbocycles. The van der Waals surface area contributed by atoms with Crippen LogP contribution < -0.4 is 10.1 Å². The lowest BCUT2D eigenvalue weighted by atomic mass is 9.86. The van der Waals surface area contributed by atoms with Crippen molar-refractivity contribution < 1.29 is 14.6 Å². The molecule has 116 valence electrons. The monoisotopic (exact) mass is 291 g/mol. The van der Waals surface area contributed by atoms with Crippen molar-refractivity contribution in [2.24, 2.45) is 5.41 Å². The minimum absolute atomic E-state index is 0.0169. The van der Waals surface area contributed by atoms with E-state index in [1.807, 2.05) is 38.1 Å². The van der Waals surface area contributed by atoms with Crippen LogP contribution in [0.3, 0.4) is 0 Å². The number of rotatable bonds is 5. The second-order valence-corrected chi connectivity index (χ2v) is 7.19. The third kappa shape index (κ3) is 2.64. The van der Waals surface area contributed by atoms with E-state index in [-0.39, 0.29) is 17.9 Å². The Hall–Kier alpha value is -1.55. The van der Waals surface area contributed by atoms with E-state index in [9.17, 15) is 9.90 Å². The summed E-state index contributed by atoms with van der Waals surface area (Å²) in [4.78, 5) is 12.8. The Morgan fingerprint density at radius 3 is 2.24 bits per heavy atom. The number of aliphatic hydroxyl groups is 1. The lowest BCUT2D eigenvalue weighted by Crippen LogP contribution is -2.51. The maximum Gasteiger partial charge on any atom is 0.231 e. The summed E-state index contributed by atoms with van der Waals surface area (Å²) in [7, 11) is 1.63. The third-order valence-corrected chi connectivity index (χ3v) is 4.56. The van der Waals surface area contributed by atoms with Crippen molar-refractivity contribution in [3.63, 3.8) is 0 Å². The van der Waals surface area contributed by atoms with Crippen molar-refractivity contribution in [3.05, 3.63) is 29.8 Å². The smallest absolute Gasteiger partial charge is 0.231 e. The van der Waals surface area contributed by atoms with Crippen LogP contribution in [-0.4, -0.2) is 30.3 Å². The Morgan fingerprint density at radius 2 is 1.86 bits per heavy atom. The SMILES string of the molecule is COc1ccc([C@]2(C(=O)NC(C)(C)CO)CC2(C)C)cc1. The Balaban J connectivity index is 2.32. The number of ether oxygens (including phenoxy) is 1. The molecule has 2 rings (SSSR count). The van der Waals surface area contributed by atoms with Gasteiger partial charge in [-0.25, -0.2) is 0 Å². The second-order valence-electron chi connectivity index (χ2n) is 7.19. The summed E-state index contributed by atoms with van der Waals surface area (Å²) in [6.07, 6.45) is 0.805. The zero-order valence-electron chi connectivity index (χ0n) is 13.5. The number of hydrogen-bond acceptors (Lipinski definition) is 3. The van der Waals surface area contributed by atoms with Gasteiger partial charge < -0.3 is 15.2 Å². The van der Waals surface area contributed by atoms with Crippen LogP contribution in [0.25, 0.3) is 0 Å². The van der Waals surface area contributed by atoms with Crippen molar-refractivity contribution in [1.82, 2.24) is 5.32 Å². The van der Waals surface area contributed by atoms with Crippen molar-refractivity contribution in [2.45, 2.75) is 45.1 Å². The highest BCUT2D eigenvalue weighted by molar-refractivity contribution is 5.93. The van der Waals surface area contributed by atoms with E-state index in [1.54, 1.807) is 7.11 Å². The van der Waals surface area contributed by atoms with Gasteiger partial charge in [0.1, 0.15) is 5.75 Å². The Kier molecular flexibility index (Phi) is 3.79. The summed E-state index contributed by atoms with van der Waals surface area (Å²) in [5.74, 6) is 0.764. The van der Waals surface area contributed by atoms with Crippen LogP contribution in [0.2, 0.25) is 0 Å². The van der Waals surface area contributed by atoms with Gasteiger partial charge in [0.15, 0.2) is 0 Å². The molecule has 0 aromatic heterocycles. The lowest BCUT2D eigenvalue weighted by Gasteiger charge is -2.29. The number of aliphatic hydroxyl groups excluding tert-OH is 1. The molecule has 4 nitrogen and oxygen atoms in total. The molecule has 1 atom stereocenters. The molecule has 0 heterocycles. The van der Waals surface area contributed by atoms with Crippen LogP contribution in [-0.2, 0) is 10.2 Å². The molecule has 1 aliphatic carbocycles. The van der Waals surface area contributed by atoms with E-state index in [2.05, 4.69) is 19.2 Å². The number of carbonyl (C=O) groups is 1. The quantitative estimate of drug-likeness (QED) is 0.875.